The molecule has 2 atom stereocenters. The number of aryl methyl sites for hydroxylation is 1. The molecule has 0 aromatic heterocycles. The SMILES string of the molecule is Cc1ccccc1OC[C@H](O)CN1C(=O)N[C@@](C)(c2ccc(C(C)C)cc2)C1=O. The van der Waals surface area contributed by atoms with E-state index in [1.165, 1.54) is 0 Å². The fourth-order valence-corrected chi connectivity index (χ4v) is 3.43. The predicted octanol–water partition coefficient (Wildman–Crippen LogP) is 3.33. The van der Waals surface area contributed by atoms with Gasteiger partial charge in [-0.3, -0.25) is 9.69 Å². The second kappa shape index (κ2) is 8.25. The lowest BCUT2D eigenvalue weighted by molar-refractivity contribution is -0.132. The third-order valence-electron chi connectivity index (χ3n) is 5.35. The molecule has 0 radical (unpaired) electrons. The number of nitrogens with one attached hydrogen (secondary N) is 1. The Morgan fingerprint density at radius 3 is 2.38 bits per heavy atom. The first-order chi connectivity index (χ1) is 13.7. The number of urea groups is 1. The Morgan fingerprint density at radius 2 is 1.76 bits per heavy atom. The number of imide groups is 1. The number of nitrogens with zero attached hydrogens (tertiary/aromatic N) is 1. The number of carbonyl (C=O) groups is 2. The van der Waals surface area contributed by atoms with Crippen molar-refractivity contribution >= 4 is 11.9 Å². The van der Waals surface area contributed by atoms with Gasteiger partial charge in [-0.1, -0.05) is 56.3 Å². The molecule has 3 rings (SSSR count). The van der Waals surface area contributed by atoms with Gasteiger partial charge < -0.3 is 15.2 Å². The minimum Gasteiger partial charge on any atom is -0.491 e. The highest BCUT2D eigenvalue weighted by atomic mass is 16.5. The molecular formula is C23H28N2O4. The van der Waals surface area contributed by atoms with Crippen LogP contribution in [-0.2, 0) is 10.3 Å². The highest BCUT2D eigenvalue weighted by Crippen LogP contribution is 2.30. The average Bonchev–Trinajstić information content (AvgIpc) is 2.91. The number of β-amino-alcohol motifs (C(OH)–C–C–N with tert-alkyl or cyclic N) is 1. The van der Waals surface area contributed by atoms with Gasteiger partial charge in [0.05, 0.1) is 6.54 Å². The molecule has 154 valence electrons. The van der Waals surface area contributed by atoms with Gasteiger partial charge in [0.25, 0.3) is 5.91 Å². The third kappa shape index (κ3) is 4.27. The van der Waals surface area contributed by atoms with Crippen molar-refractivity contribution in [3.05, 3.63) is 65.2 Å². The molecule has 0 bridgehead atoms. The topological polar surface area (TPSA) is 78.9 Å². The molecule has 0 spiro atoms. The molecule has 6 heteroatoms. The summed E-state index contributed by atoms with van der Waals surface area (Å²) in [7, 11) is 0. The molecule has 1 saturated heterocycles. The third-order valence-corrected chi connectivity index (χ3v) is 5.35. The monoisotopic (exact) mass is 396 g/mol. The van der Waals surface area contributed by atoms with Crippen molar-refractivity contribution in [1.82, 2.24) is 10.2 Å². The smallest absolute Gasteiger partial charge is 0.325 e. The number of amides is 3. The number of benzene rings is 2. The van der Waals surface area contributed by atoms with Crippen LogP contribution in [0.1, 0.15) is 43.4 Å². The minimum atomic E-state index is -1.15. The molecule has 2 N–H and O–H groups in total. The van der Waals surface area contributed by atoms with E-state index in [1.807, 2.05) is 55.5 Å². The van der Waals surface area contributed by atoms with Crippen molar-refractivity contribution in [3.63, 3.8) is 0 Å². The molecule has 3 amide bonds. The van der Waals surface area contributed by atoms with Gasteiger partial charge in [0.2, 0.25) is 0 Å². The Kier molecular flexibility index (Phi) is 5.94. The first kappa shape index (κ1) is 20.9. The summed E-state index contributed by atoms with van der Waals surface area (Å²) in [6.07, 6.45) is -0.991. The van der Waals surface area contributed by atoms with Crippen LogP contribution in [0.15, 0.2) is 48.5 Å². The zero-order chi connectivity index (χ0) is 21.2. The van der Waals surface area contributed by atoms with Crippen LogP contribution in [0, 0.1) is 6.92 Å². The van der Waals surface area contributed by atoms with Crippen molar-refractivity contribution in [2.75, 3.05) is 13.2 Å². The molecular weight excluding hydrogens is 368 g/mol. The zero-order valence-corrected chi connectivity index (χ0v) is 17.3. The number of ether oxygens (including phenoxy) is 1. The van der Waals surface area contributed by atoms with Gasteiger partial charge in [-0.25, -0.2) is 4.79 Å². The largest absolute Gasteiger partial charge is 0.491 e. The van der Waals surface area contributed by atoms with E-state index in [0.29, 0.717) is 17.2 Å². The van der Waals surface area contributed by atoms with Crippen molar-refractivity contribution in [3.8, 4) is 5.75 Å². The van der Waals surface area contributed by atoms with Crippen molar-refractivity contribution < 1.29 is 19.4 Å². The van der Waals surface area contributed by atoms with Gasteiger partial charge in [-0.2, -0.15) is 0 Å². The lowest BCUT2D eigenvalue weighted by Gasteiger charge is -2.23. The highest BCUT2D eigenvalue weighted by Gasteiger charge is 2.49. The number of rotatable bonds is 7. The van der Waals surface area contributed by atoms with E-state index in [1.54, 1.807) is 6.92 Å². The molecule has 1 fully saturated rings. The molecule has 2 aromatic rings. The number of para-hydroxylation sites is 1. The molecule has 2 aromatic carbocycles. The first-order valence-corrected chi connectivity index (χ1v) is 9.83. The maximum atomic E-state index is 13.0. The summed E-state index contributed by atoms with van der Waals surface area (Å²) >= 11 is 0. The number of aliphatic hydroxyl groups excluding tert-OH is 1. The quantitative estimate of drug-likeness (QED) is 0.704. The van der Waals surface area contributed by atoms with Gasteiger partial charge in [-0.05, 0) is 42.5 Å². The van der Waals surface area contributed by atoms with Crippen LogP contribution in [0.5, 0.6) is 5.75 Å². The fraction of sp³-hybridized carbons (Fsp3) is 0.391. The molecule has 6 nitrogen and oxygen atoms in total. The summed E-state index contributed by atoms with van der Waals surface area (Å²) in [5, 5.41) is 13.1. The van der Waals surface area contributed by atoms with Crippen molar-refractivity contribution in [1.29, 1.82) is 0 Å². The van der Waals surface area contributed by atoms with Crippen LogP contribution in [0.2, 0.25) is 0 Å². The molecule has 1 aliphatic heterocycles. The highest BCUT2D eigenvalue weighted by molar-refractivity contribution is 6.07. The lowest BCUT2D eigenvalue weighted by Crippen LogP contribution is -2.42. The first-order valence-electron chi connectivity index (χ1n) is 9.83. The summed E-state index contributed by atoms with van der Waals surface area (Å²) < 4.78 is 5.63. The average molecular weight is 396 g/mol. The second-order valence-corrected chi connectivity index (χ2v) is 7.98. The van der Waals surface area contributed by atoms with E-state index < -0.39 is 17.7 Å². The van der Waals surface area contributed by atoms with E-state index in [9.17, 15) is 14.7 Å². The van der Waals surface area contributed by atoms with E-state index in [4.69, 9.17) is 4.74 Å². The summed E-state index contributed by atoms with van der Waals surface area (Å²) in [6.45, 7) is 7.66. The number of hydrogen-bond acceptors (Lipinski definition) is 4. The molecule has 0 unspecified atom stereocenters. The Bertz CT molecular complexity index is 894. The summed E-state index contributed by atoms with van der Waals surface area (Å²) in [6, 6.07) is 14.6. The maximum Gasteiger partial charge on any atom is 0.325 e. The van der Waals surface area contributed by atoms with Crippen LogP contribution in [0.3, 0.4) is 0 Å². The minimum absolute atomic E-state index is 0.0122. The predicted molar refractivity (Wildman–Crippen MR) is 111 cm³/mol. The molecule has 1 heterocycles. The van der Waals surface area contributed by atoms with Gasteiger partial charge in [0.1, 0.15) is 24.0 Å². The number of carbonyl (C=O) groups excluding carboxylic acids is 2. The zero-order valence-electron chi connectivity index (χ0n) is 17.3. The Labute approximate surface area is 171 Å². The standard InChI is InChI=1S/C23H28N2O4/c1-15(2)17-9-11-18(12-10-17)23(4)21(27)25(22(28)24-23)13-19(26)14-29-20-8-6-5-7-16(20)3/h5-12,15,19,26H,13-14H2,1-4H3,(H,24,28)/t19-,23+/m1/s1. The van der Waals surface area contributed by atoms with Crippen molar-refractivity contribution in [2.24, 2.45) is 0 Å². The van der Waals surface area contributed by atoms with E-state index >= 15 is 0 Å². The van der Waals surface area contributed by atoms with Gasteiger partial charge in [-0.15, -0.1) is 0 Å². The van der Waals surface area contributed by atoms with Gasteiger partial charge in [0, 0.05) is 0 Å². The normalized spacial score (nSPS) is 20.1. The van der Waals surface area contributed by atoms with E-state index in [-0.39, 0.29) is 19.1 Å². The number of aliphatic hydroxyl groups is 1. The molecule has 29 heavy (non-hydrogen) atoms. The molecule has 0 saturated carbocycles. The Balaban J connectivity index is 1.67. The van der Waals surface area contributed by atoms with Crippen LogP contribution in [0.4, 0.5) is 4.79 Å². The van der Waals surface area contributed by atoms with E-state index in [2.05, 4.69) is 19.2 Å². The van der Waals surface area contributed by atoms with Crippen molar-refractivity contribution in [2.45, 2.75) is 45.3 Å². The van der Waals surface area contributed by atoms with Crippen LogP contribution in [-0.4, -0.2) is 41.2 Å². The number of hydrogen-bond donors (Lipinski definition) is 2. The maximum absolute atomic E-state index is 13.0. The fourth-order valence-electron chi connectivity index (χ4n) is 3.43. The van der Waals surface area contributed by atoms with Crippen LogP contribution >= 0.6 is 0 Å². The van der Waals surface area contributed by atoms with Gasteiger partial charge >= 0.3 is 6.03 Å². The second-order valence-electron chi connectivity index (χ2n) is 7.98. The Morgan fingerprint density at radius 1 is 1.10 bits per heavy atom. The van der Waals surface area contributed by atoms with Gasteiger partial charge in [0.15, 0.2) is 0 Å². The summed E-state index contributed by atoms with van der Waals surface area (Å²) in [4.78, 5) is 26.5. The van der Waals surface area contributed by atoms with Crippen LogP contribution in [0.25, 0.3) is 0 Å². The lowest BCUT2D eigenvalue weighted by atomic mass is 9.90. The Hall–Kier alpha value is -2.86. The summed E-state index contributed by atoms with van der Waals surface area (Å²) in [5.74, 6) is 0.666. The molecule has 0 aliphatic carbocycles. The molecule has 1 aliphatic rings. The van der Waals surface area contributed by atoms with E-state index in [0.717, 1.165) is 16.0 Å². The van der Waals surface area contributed by atoms with Crippen LogP contribution < -0.4 is 10.1 Å². The summed E-state index contributed by atoms with van der Waals surface area (Å²) in [5.41, 5.74) is 1.68.